The number of halogens is 2. The molecule has 0 fully saturated rings. The summed E-state index contributed by atoms with van der Waals surface area (Å²) < 4.78 is 32.7. The molecule has 140 valence electrons. The Hall–Kier alpha value is -3.04. The van der Waals surface area contributed by atoms with Crippen molar-refractivity contribution in [2.75, 3.05) is 29.6 Å². The Bertz CT molecular complexity index is 795. The first-order valence-corrected chi connectivity index (χ1v) is 7.85. The summed E-state index contributed by atoms with van der Waals surface area (Å²) >= 11 is 0. The number of amides is 1. The largest absolute Gasteiger partial charge is 0.490 e. The van der Waals surface area contributed by atoms with Crippen molar-refractivity contribution in [3.05, 3.63) is 24.2 Å². The van der Waals surface area contributed by atoms with Gasteiger partial charge < -0.3 is 20.7 Å². The molecule has 0 aliphatic rings. The van der Waals surface area contributed by atoms with Crippen molar-refractivity contribution in [3.63, 3.8) is 0 Å². The van der Waals surface area contributed by atoms with Crippen LogP contribution in [0.4, 0.5) is 31.9 Å². The minimum Gasteiger partial charge on any atom is -0.490 e. The number of rotatable bonds is 7. The van der Waals surface area contributed by atoms with Gasteiger partial charge in [-0.05, 0) is 6.92 Å². The lowest BCUT2D eigenvalue weighted by Crippen LogP contribution is -2.15. The van der Waals surface area contributed by atoms with E-state index >= 15 is 0 Å². The standard InChI is InChI=1S/C16H20F2N6O2/c1-5-26-11-8-20-13(21-9(2)25)6-10(11)22-14-7-12(19-4)23-15(24-14)16(3,17)18/h6-8H,5H2,1-4H3,(H3,19,20,21,22,23,24,25). The predicted octanol–water partition coefficient (Wildman–Crippen LogP) is 3.13. The highest BCUT2D eigenvalue weighted by atomic mass is 19.3. The monoisotopic (exact) mass is 366 g/mol. The van der Waals surface area contributed by atoms with Crippen LogP contribution < -0.4 is 20.7 Å². The molecule has 0 aliphatic carbocycles. The molecule has 8 nitrogen and oxygen atoms in total. The van der Waals surface area contributed by atoms with Crippen LogP contribution in [0.5, 0.6) is 5.75 Å². The molecule has 0 unspecified atom stereocenters. The zero-order valence-electron chi connectivity index (χ0n) is 14.9. The summed E-state index contributed by atoms with van der Waals surface area (Å²) in [5.41, 5.74) is 0.414. The van der Waals surface area contributed by atoms with E-state index in [2.05, 4.69) is 30.9 Å². The maximum absolute atomic E-state index is 13.6. The summed E-state index contributed by atoms with van der Waals surface area (Å²) in [5.74, 6) is -3.08. The van der Waals surface area contributed by atoms with Gasteiger partial charge in [-0.15, -0.1) is 0 Å². The van der Waals surface area contributed by atoms with Crippen molar-refractivity contribution >= 4 is 29.0 Å². The lowest BCUT2D eigenvalue weighted by molar-refractivity contribution is -0.114. The highest BCUT2D eigenvalue weighted by Crippen LogP contribution is 2.31. The number of carbonyl (C=O) groups excluding carboxylic acids is 1. The Kier molecular flexibility index (Phi) is 5.86. The number of carbonyl (C=O) groups is 1. The number of hydrogen-bond donors (Lipinski definition) is 3. The van der Waals surface area contributed by atoms with E-state index in [1.54, 1.807) is 14.0 Å². The summed E-state index contributed by atoms with van der Waals surface area (Å²) in [6.07, 6.45) is 1.42. The smallest absolute Gasteiger partial charge is 0.303 e. The van der Waals surface area contributed by atoms with Gasteiger partial charge in [0, 0.05) is 33.0 Å². The fourth-order valence-corrected chi connectivity index (χ4v) is 2.03. The Morgan fingerprint density at radius 2 is 1.92 bits per heavy atom. The number of nitrogens with one attached hydrogen (secondary N) is 3. The number of alkyl halides is 2. The Morgan fingerprint density at radius 3 is 2.50 bits per heavy atom. The van der Waals surface area contributed by atoms with Gasteiger partial charge in [0.05, 0.1) is 18.5 Å². The summed E-state index contributed by atoms with van der Waals surface area (Å²) in [7, 11) is 1.57. The van der Waals surface area contributed by atoms with Crippen LogP contribution in [0.3, 0.4) is 0 Å². The molecule has 3 N–H and O–H groups in total. The van der Waals surface area contributed by atoms with Gasteiger partial charge in [0.1, 0.15) is 17.5 Å². The molecule has 0 aromatic carbocycles. The molecule has 2 heterocycles. The average Bonchev–Trinajstić information content (AvgIpc) is 2.55. The van der Waals surface area contributed by atoms with Crippen LogP contribution in [0.25, 0.3) is 0 Å². The van der Waals surface area contributed by atoms with Crippen LogP contribution in [0, 0.1) is 0 Å². The maximum Gasteiger partial charge on any atom is 0.303 e. The summed E-state index contributed by atoms with van der Waals surface area (Å²) in [6, 6.07) is 3.00. The average molecular weight is 366 g/mol. The lowest BCUT2D eigenvalue weighted by atomic mass is 10.3. The van der Waals surface area contributed by atoms with Crippen molar-refractivity contribution in [1.29, 1.82) is 0 Å². The van der Waals surface area contributed by atoms with Crippen molar-refractivity contribution in [1.82, 2.24) is 15.0 Å². The third-order valence-electron chi connectivity index (χ3n) is 3.11. The molecular formula is C16H20F2N6O2. The third kappa shape index (κ3) is 4.98. The first-order chi connectivity index (χ1) is 12.2. The quantitative estimate of drug-likeness (QED) is 0.692. The van der Waals surface area contributed by atoms with Crippen LogP contribution in [-0.2, 0) is 10.7 Å². The van der Waals surface area contributed by atoms with Gasteiger partial charge in [0.15, 0.2) is 5.75 Å². The van der Waals surface area contributed by atoms with Gasteiger partial charge in [-0.25, -0.2) is 15.0 Å². The molecule has 0 radical (unpaired) electrons. The first kappa shape index (κ1) is 19.3. The summed E-state index contributed by atoms with van der Waals surface area (Å²) in [5, 5.41) is 8.18. The van der Waals surface area contributed by atoms with Gasteiger partial charge in [-0.2, -0.15) is 8.78 Å². The minimum atomic E-state index is -3.20. The van der Waals surface area contributed by atoms with Gasteiger partial charge in [-0.3, -0.25) is 4.79 Å². The van der Waals surface area contributed by atoms with Crippen molar-refractivity contribution in [3.8, 4) is 5.75 Å². The van der Waals surface area contributed by atoms with Gasteiger partial charge in [0.2, 0.25) is 11.7 Å². The topological polar surface area (TPSA) is 101 Å². The summed E-state index contributed by atoms with van der Waals surface area (Å²) in [4.78, 5) is 22.9. The van der Waals surface area contributed by atoms with Crippen LogP contribution >= 0.6 is 0 Å². The van der Waals surface area contributed by atoms with Crippen molar-refractivity contribution in [2.24, 2.45) is 0 Å². The Labute approximate surface area is 149 Å². The second kappa shape index (κ2) is 7.89. The second-order valence-corrected chi connectivity index (χ2v) is 5.41. The molecule has 26 heavy (non-hydrogen) atoms. The SMILES string of the molecule is CCOc1cnc(NC(C)=O)cc1Nc1cc(NC)nc(C(C)(F)F)n1. The third-order valence-corrected chi connectivity index (χ3v) is 3.11. The van der Waals surface area contributed by atoms with Crippen LogP contribution in [0.1, 0.15) is 26.6 Å². The number of pyridine rings is 1. The van der Waals surface area contributed by atoms with Crippen molar-refractivity contribution in [2.45, 2.75) is 26.7 Å². The second-order valence-electron chi connectivity index (χ2n) is 5.41. The van der Waals surface area contributed by atoms with Crippen LogP contribution in [-0.4, -0.2) is 34.5 Å². The number of hydrogen-bond acceptors (Lipinski definition) is 7. The predicted molar refractivity (Wildman–Crippen MR) is 94.1 cm³/mol. The maximum atomic E-state index is 13.6. The molecule has 2 rings (SSSR count). The van der Waals surface area contributed by atoms with Crippen molar-refractivity contribution < 1.29 is 18.3 Å². The fraction of sp³-hybridized carbons (Fsp3) is 0.375. The van der Waals surface area contributed by atoms with E-state index in [4.69, 9.17) is 4.74 Å². The lowest BCUT2D eigenvalue weighted by Gasteiger charge is -2.16. The molecule has 0 saturated carbocycles. The van der Waals surface area contributed by atoms with Crippen LogP contribution in [0.2, 0.25) is 0 Å². The minimum absolute atomic E-state index is 0.141. The zero-order chi connectivity index (χ0) is 19.3. The van der Waals surface area contributed by atoms with Gasteiger partial charge in [-0.1, -0.05) is 0 Å². The molecular weight excluding hydrogens is 346 g/mol. The van der Waals surface area contributed by atoms with E-state index in [1.165, 1.54) is 25.3 Å². The molecule has 0 bridgehead atoms. The molecule has 10 heteroatoms. The van der Waals surface area contributed by atoms with E-state index in [1.807, 2.05) is 0 Å². The number of nitrogens with zero attached hydrogens (tertiary/aromatic N) is 3. The highest BCUT2D eigenvalue weighted by molar-refractivity contribution is 5.88. The molecule has 0 aliphatic heterocycles. The Morgan fingerprint density at radius 1 is 1.23 bits per heavy atom. The number of aromatic nitrogens is 3. The zero-order valence-corrected chi connectivity index (χ0v) is 14.9. The molecule has 2 aromatic rings. The number of anilines is 4. The molecule has 0 atom stereocenters. The van der Waals surface area contributed by atoms with Gasteiger partial charge in [0.25, 0.3) is 0 Å². The molecule has 1 amide bonds. The molecule has 2 aromatic heterocycles. The van der Waals surface area contributed by atoms with E-state index in [-0.39, 0.29) is 23.4 Å². The first-order valence-electron chi connectivity index (χ1n) is 7.85. The fourth-order valence-electron chi connectivity index (χ4n) is 2.03. The Balaban J connectivity index is 2.43. The molecule has 0 saturated heterocycles. The van der Waals surface area contributed by atoms with Crippen LogP contribution in [0.15, 0.2) is 18.3 Å². The normalized spacial score (nSPS) is 11.0. The van der Waals surface area contributed by atoms with E-state index in [0.717, 1.165) is 6.92 Å². The van der Waals surface area contributed by atoms with E-state index in [9.17, 15) is 13.6 Å². The number of ether oxygens (including phenoxy) is 1. The van der Waals surface area contributed by atoms with E-state index in [0.29, 0.717) is 18.0 Å². The molecule has 0 spiro atoms. The van der Waals surface area contributed by atoms with Gasteiger partial charge >= 0.3 is 5.92 Å². The van der Waals surface area contributed by atoms with E-state index < -0.39 is 11.7 Å². The highest BCUT2D eigenvalue weighted by Gasteiger charge is 2.29. The summed E-state index contributed by atoms with van der Waals surface area (Å²) in [6.45, 7) is 4.24.